The van der Waals surface area contributed by atoms with Crippen molar-refractivity contribution in [1.29, 1.82) is 0 Å². The number of nitrogens with one attached hydrogen (secondary N) is 2. The molecule has 19 heavy (non-hydrogen) atoms. The van der Waals surface area contributed by atoms with Gasteiger partial charge in [-0.25, -0.2) is 24.6 Å². The average molecular weight is 275 g/mol. The van der Waals surface area contributed by atoms with Gasteiger partial charge in [-0.2, -0.15) is 0 Å². The molecule has 0 aliphatic heterocycles. The number of nitrogens with zero attached hydrogens (tertiary/aromatic N) is 2. The van der Waals surface area contributed by atoms with Crippen LogP contribution < -0.4 is 16.6 Å². The zero-order valence-electron chi connectivity index (χ0n) is 11.0. The number of nitrogens with two attached hydrogens (primary N) is 1. The fourth-order valence-corrected chi connectivity index (χ4v) is 1.61. The maximum Gasteiger partial charge on any atom is 0.261 e. The Labute approximate surface area is 110 Å². The maximum absolute atomic E-state index is 11.9. The highest BCUT2D eigenvalue weighted by Gasteiger charge is 2.13. The van der Waals surface area contributed by atoms with Crippen LogP contribution in [0.25, 0.3) is 0 Å². The molecule has 6 nitrogen and oxygen atoms in total. The summed E-state index contributed by atoms with van der Waals surface area (Å²) in [6.07, 6.45) is -1.07. The van der Waals surface area contributed by atoms with E-state index in [9.17, 15) is 8.78 Å². The summed E-state index contributed by atoms with van der Waals surface area (Å²) in [4.78, 5) is 8.15. The molecule has 0 aliphatic carbocycles. The van der Waals surface area contributed by atoms with Gasteiger partial charge in [-0.05, 0) is 5.92 Å². The highest BCUT2D eigenvalue weighted by molar-refractivity contribution is 5.58. The number of hydrazine groups is 1. The van der Waals surface area contributed by atoms with E-state index >= 15 is 0 Å². The highest BCUT2D eigenvalue weighted by Crippen LogP contribution is 2.27. The molecule has 0 spiro atoms. The third kappa shape index (κ3) is 4.92. The number of anilines is 2. The van der Waals surface area contributed by atoms with E-state index in [0.29, 0.717) is 18.2 Å². The summed E-state index contributed by atoms with van der Waals surface area (Å²) in [6.45, 7) is 3.97. The Bertz CT molecular complexity index is 389. The van der Waals surface area contributed by atoms with E-state index in [4.69, 9.17) is 10.6 Å². The van der Waals surface area contributed by atoms with Crippen molar-refractivity contribution in [1.82, 2.24) is 9.97 Å². The predicted octanol–water partition coefficient (Wildman–Crippen LogP) is 1.58. The molecule has 0 unspecified atom stereocenters. The molecule has 108 valence electrons. The quantitative estimate of drug-likeness (QED) is 0.379. The first-order valence-electron chi connectivity index (χ1n) is 5.97. The minimum Gasteiger partial charge on any atom is -0.374 e. The molecule has 1 aromatic heterocycles. The van der Waals surface area contributed by atoms with Gasteiger partial charge in [0, 0.05) is 12.1 Å². The molecule has 0 atom stereocenters. The molecule has 8 heteroatoms. The van der Waals surface area contributed by atoms with Crippen molar-refractivity contribution in [2.45, 2.75) is 26.2 Å². The van der Waals surface area contributed by atoms with Gasteiger partial charge in [0.2, 0.25) is 0 Å². The van der Waals surface area contributed by atoms with Gasteiger partial charge in [0.15, 0.2) is 0 Å². The van der Waals surface area contributed by atoms with Crippen molar-refractivity contribution >= 4 is 11.6 Å². The van der Waals surface area contributed by atoms with Crippen LogP contribution in [-0.4, -0.2) is 36.2 Å². The van der Waals surface area contributed by atoms with Crippen LogP contribution >= 0.6 is 0 Å². The molecule has 1 aromatic rings. The van der Waals surface area contributed by atoms with Crippen molar-refractivity contribution in [2.24, 2.45) is 5.84 Å². The van der Waals surface area contributed by atoms with Crippen molar-refractivity contribution < 1.29 is 13.5 Å². The largest absolute Gasteiger partial charge is 0.374 e. The smallest absolute Gasteiger partial charge is 0.261 e. The summed E-state index contributed by atoms with van der Waals surface area (Å²) in [6, 6.07) is 0. The van der Waals surface area contributed by atoms with Gasteiger partial charge in [-0.3, -0.25) is 0 Å². The van der Waals surface area contributed by atoms with Crippen LogP contribution in [0.4, 0.5) is 20.4 Å². The molecule has 0 bridgehead atoms. The monoisotopic (exact) mass is 275 g/mol. The number of hydrogen-bond acceptors (Lipinski definition) is 6. The average Bonchev–Trinajstić information content (AvgIpc) is 2.37. The van der Waals surface area contributed by atoms with Crippen LogP contribution in [0.2, 0.25) is 0 Å². The summed E-state index contributed by atoms with van der Waals surface area (Å²) in [5.41, 5.74) is 3.36. The minimum absolute atomic E-state index is 0.164. The molecule has 0 saturated heterocycles. The van der Waals surface area contributed by atoms with Crippen LogP contribution in [0.1, 0.15) is 25.3 Å². The number of alkyl halides is 2. The maximum atomic E-state index is 11.9. The lowest BCUT2D eigenvalue weighted by Gasteiger charge is -2.16. The van der Waals surface area contributed by atoms with Crippen molar-refractivity contribution in [2.75, 3.05) is 30.5 Å². The van der Waals surface area contributed by atoms with Gasteiger partial charge in [-0.1, -0.05) is 13.8 Å². The number of nitrogen functional groups attached to an aromatic ring is 1. The van der Waals surface area contributed by atoms with Gasteiger partial charge >= 0.3 is 0 Å². The molecular formula is C11H19F2N5O. The standard InChI is InChI=1S/C11H19F2N5O/c1-7(2)9-10(16-6-17-11(9)18-14)15-3-4-19-5-8(12)13/h6-8H,3-5,14H2,1-2H3,(H2,15,16,17,18). The second-order valence-electron chi connectivity index (χ2n) is 4.18. The normalized spacial score (nSPS) is 11.1. The number of halogens is 2. The Morgan fingerprint density at radius 2 is 2.00 bits per heavy atom. The second kappa shape index (κ2) is 7.80. The van der Waals surface area contributed by atoms with Crippen LogP contribution in [0.3, 0.4) is 0 Å². The summed E-state index contributed by atoms with van der Waals surface area (Å²) >= 11 is 0. The molecule has 0 amide bonds. The third-order valence-corrected chi connectivity index (χ3v) is 2.38. The Balaban J connectivity index is 2.58. The molecule has 1 rings (SSSR count). The Hall–Kier alpha value is -1.54. The van der Waals surface area contributed by atoms with E-state index in [1.54, 1.807) is 0 Å². The fourth-order valence-electron chi connectivity index (χ4n) is 1.61. The van der Waals surface area contributed by atoms with Gasteiger partial charge in [0.25, 0.3) is 6.43 Å². The molecule has 4 N–H and O–H groups in total. The number of ether oxygens (including phenoxy) is 1. The van der Waals surface area contributed by atoms with Gasteiger partial charge < -0.3 is 15.5 Å². The van der Waals surface area contributed by atoms with Crippen LogP contribution in [-0.2, 0) is 4.74 Å². The van der Waals surface area contributed by atoms with E-state index < -0.39 is 13.0 Å². The Morgan fingerprint density at radius 1 is 1.32 bits per heavy atom. The molecule has 0 saturated carbocycles. The van der Waals surface area contributed by atoms with Gasteiger partial charge in [-0.15, -0.1) is 0 Å². The zero-order chi connectivity index (χ0) is 14.3. The van der Waals surface area contributed by atoms with E-state index in [1.165, 1.54) is 6.33 Å². The number of hydrogen-bond donors (Lipinski definition) is 3. The first-order chi connectivity index (χ1) is 9.06. The van der Waals surface area contributed by atoms with E-state index in [-0.39, 0.29) is 12.5 Å². The molecule has 0 aliphatic rings. The summed E-state index contributed by atoms with van der Waals surface area (Å²) < 4.78 is 28.5. The number of rotatable bonds is 8. The van der Waals surface area contributed by atoms with E-state index in [2.05, 4.69) is 20.7 Å². The predicted molar refractivity (Wildman–Crippen MR) is 69.2 cm³/mol. The van der Waals surface area contributed by atoms with Crippen LogP contribution in [0.15, 0.2) is 6.33 Å². The molecular weight excluding hydrogens is 256 g/mol. The third-order valence-electron chi connectivity index (χ3n) is 2.38. The van der Waals surface area contributed by atoms with E-state index in [0.717, 1.165) is 5.56 Å². The lowest BCUT2D eigenvalue weighted by atomic mass is 10.0. The molecule has 0 fully saturated rings. The van der Waals surface area contributed by atoms with Crippen LogP contribution in [0.5, 0.6) is 0 Å². The van der Waals surface area contributed by atoms with Crippen LogP contribution in [0, 0.1) is 0 Å². The SMILES string of the molecule is CC(C)c1c(NN)ncnc1NCCOCC(F)F. The minimum atomic E-state index is -2.45. The molecule has 0 radical (unpaired) electrons. The van der Waals surface area contributed by atoms with E-state index in [1.807, 2.05) is 13.8 Å². The lowest BCUT2D eigenvalue weighted by molar-refractivity contribution is 0.0214. The highest BCUT2D eigenvalue weighted by atomic mass is 19.3. The molecule has 1 heterocycles. The lowest BCUT2D eigenvalue weighted by Crippen LogP contribution is -2.18. The Kier molecular flexibility index (Phi) is 6.37. The topological polar surface area (TPSA) is 85.1 Å². The Morgan fingerprint density at radius 3 is 2.58 bits per heavy atom. The number of aromatic nitrogens is 2. The second-order valence-corrected chi connectivity index (χ2v) is 4.18. The van der Waals surface area contributed by atoms with Gasteiger partial charge in [0.05, 0.1) is 6.61 Å². The molecule has 0 aromatic carbocycles. The van der Waals surface area contributed by atoms with Crippen molar-refractivity contribution in [3.8, 4) is 0 Å². The van der Waals surface area contributed by atoms with Crippen molar-refractivity contribution in [3.05, 3.63) is 11.9 Å². The van der Waals surface area contributed by atoms with Gasteiger partial charge in [0.1, 0.15) is 24.6 Å². The fraction of sp³-hybridized carbons (Fsp3) is 0.636. The van der Waals surface area contributed by atoms with Crippen molar-refractivity contribution in [3.63, 3.8) is 0 Å². The summed E-state index contributed by atoms with van der Waals surface area (Å²) in [7, 11) is 0. The summed E-state index contributed by atoms with van der Waals surface area (Å²) in [5.74, 6) is 6.72. The first kappa shape index (κ1) is 15.5. The first-order valence-corrected chi connectivity index (χ1v) is 5.97. The summed E-state index contributed by atoms with van der Waals surface area (Å²) in [5, 5.41) is 3.03. The zero-order valence-corrected chi connectivity index (χ0v) is 11.0.